The smallest absolute Gasteiger partial charge is 0.375 e. The number of hydrogen-bond acceptors (Lipinski definition) is 4. The van der Waals surface area contributed by atoms with Crippen molar-refractivity contribution in [3.8, 4) is 11.1 Å². The lowest BCUT2D eigenvalue weighted by molar-refractivity contribution is -0.137. The zero-order valence-corrected chi connectivity index (χ0v) is 18.0. The number of nitrogen functional groups attached to an aromatic ring is 1. The minimum atomic E-state index is -4.41. The van der Waals surface area contributed by atoms with Crippen molar-refractivity contribution in [3.05, 3.63) is 101 Å². The first-order chi connectivity index (χ1) is 15.8. The van der Waals surface area contributed by atoms with E-state index in [1.54, 1.807) is 36.4 Å². The number of nitrogens with one attached hydrogen (secondary N) is 1. The molecule has 0 saturated heterocycles. The third-order valence-electron chi connectivity index (χ3n) is 4.85. The van der Waals surface area contributed by atoms with E-state index in [-0.39, 0.29) is 5.91 Å². The number of carbonyl (C=O) groups is 1. The molecule has 166 valence electrons. The topological polar surface area (TPSA) is 68.0 Å². The summed E-state index contributed by atoms with van der Waals surface area (Å²) in [6, 6.07) is 18.8. The molecule has 0 aliphatic heterocycles. The molecule has 4 rings (SSSR count). The van der Waals surface area contributed by atoms with Crippen molar-refractivity contribution in [2.45, 2.75) is 6.18 Å². The van der Waals surface area contributed by atoms with Crippen molar-refractivity contribution in [2.24, 2.45) is 0 Å². The minimum Gasteiger partial charge on any atom is -0.375 e. The van der Waals surface area contributed by atoms with Gasteiger partial charge in [-0.1, -0.05) is 48.5 Å². The number of anilines is 2. The van der Waals surface area contributed by atoms with E-state index in [1.165, 1.54) is 23.5 Å². The first kappa shape index (κ1) is 22.3. The highest BCUT2D eigenvalue weighted by atomic mass is 32.1. The Morgan fingerprint density at radius 1 is 0.939 bits per heavy atom. The van der Waals surface area contributed by atoms with E-state index in [2.05, 4.69) is 10.3 Å². The highest BCUT2D eigenvalue weighted by molar-refractivity contribution is 7.13. The van der Waals surface area contributed by atoms with Gasteiger partial charge in [0, 0.05) is 16.6 Å². The molecule has 0 bridgehead atoms. The Kier molecular flexibility index (Phi) is 6.28. The number of hydrogen-bond donors (Lipinski definition) is 2. The summed E-state index contributed by atoms with van der Waals surface area (Å²) in [5.74, 6) is -0.355. The molecule has 3 N–H and O–H groups in total. The number of alkyl halides is 3. The molecule has 1 aromatic heterocycles. The molecular weight excluding hydrogens is 447 g/mol. The van der Waals surface area contributed by atoms with E-state index >= 15 is 0 Å². The van der Waals surface area contributed by atoms with Crippen LogP contribution in [0.15, 0.2) is 78.2 Å². The molecule has 0 saturated carbocycles. The lowest BCUT2D eigenvalue weighted by atomic mass is 9.98. The first-order valence-corrected chi connectivity index (χ1v) is 10.7. The van der Waals surface area contributed by atoms with E-state index in [0.29, 0.717) is 27.5 Å². The number of aromatic nitrogens is 1. The van der Waals surface area contributed by atoms with Crippen molar-refractivity contribution in [3.63, 3.8) is 0 Å². The monoisotopic (exact) mass is 465 g/mol. The summed E-state index contributed by atoms with van der Waals surface area (Å²) in [6.45, 7) is 0. The van der Waals surface area contributed by atoms with Crippen molar-refractivity contribution < 1.29 is 18.0 Å². The average Bonchev–Trinajstić information content (AvgIpc) is 3.23. The normalized spacial score (nSPS) is 11.6. The van der Waals surface area contributed by atoms with E-state index < -0.39 is 11.7 Å². The van der Waals surface area contributed by atoms with Crippen LogP contribution in [0.5, 0.6) is 0 Å². The van der Waals surface area contributed by atoms with Crippen molar-refractivity contribution in [1.82, 2.24) is 4.98 Å². The summed E-state index contributed by atoms with van der Waals surface area (Å²) in [4.78, 5) is 17.1. The fourth-order valence-electron chi connectivity index (χ4n) is 3.21. The predicted molar refractivity (Wildman–Crippen MR) is 127 cm³/mol. The molecular formula is C25H18F3N3OS. The molecule has 0 unspecified atom stereocenters. The molecule has 1 heterocycles. The molecule has 0 aliphatic carbocycles. The number of nitrogens with two attached hydrogens (primary N) is 1. The van der Waals surface area contributed by atoms with E-state index in [1.807, 2.05) is 29.7 Å². The zero-order valence-electron chi connectivity index (χ0n) is 17.1. The third-order valence-corrected chi connectivity index (χ3v) is 5.54. The number of nitrogens with zero attached hydrogens (tertiary/aromatic N) is 1. The van der Waals surface area contributed by atoms with Crippen LogP contribution in [0.2, 0.25) is 0 Å². The van der Waals surface area contributed by atoms with Crippen LogP contribution in [0.3, 0.4) is 0 Å². The van der Waals surface area contributed by atoms with Crippen LogP contribution in [0, 0.1) is 0 Å². The summed E-state index contributed by atoms with van der Waals surface area (Å²) >= 11 is 1.37. The molecule has 4 nitrogen and oxygen atoms in total. The Labute approximate surface area is 192 Å². The maximum atomic E-state index is 12.9. The number of halogens is 3. The predicted octanol–water partition coefficient (Wildman–Crippen LogP) is 6.83. The van der Waals surface area contributed by atoms with Gasteiger partial charge in [-0.25, -0.2) is 4.98 Å². The Hall–Kier alpha value is -3.91. The lowest BCUT2D eigenvalue weighted by Crippen LogP contribution is -2.13. The van der Waals surface area contributed by atoms with Gasteiger partial charge in [0.15, 0.2) is 5.13 Å². The van der Waals surface area contributed by atoms with Gasteiger partial charge in [-0.15, -0.1) is 11.3 Å². The summed E-state index contributed by atoms with van der Waals surface area (Å²) < 4.78 is 38.6. The van der Waals surface area contributed by atoms with Crippen molar-refractivity contribution >= 4 is 40.2 Å². The van der Waals surface area contributed by atoms with Gasteiger partial charge in [-0.3, -0.25) is 4.79 Å². The van der Waals surface area contributed by atoms with Gasteiger partial charge in [0.05, 0.1) is 11.3 Å². The van der Waals surface area contributed by atoms with Gasteiger partial charge in [-0.2, -0.15) is 13.2 Å². The summed E-state index contributed by atoms with van der Waals surface area (Å²) in [6.07, 6.45) is -0.675. The summed E-state index contributed by atoms with van der Waals surface area (Å²) in [5, 5.41) is 5.20. The largest absolute Gasteiger partial charge is 0.416 e. The average molecular weight is 466 g/mol. The molecule has 33 heavy (non-hydrogen) atoms. The second-order valence-electron chi connectivity index (χ2n) is 7.14. The third kappa shape index (κ3) is 5.48. The van der Waals surface area contributed by atoms with Crippen LogP contribution in [-0.2, 0) is 6.18 Å². The Balaban J connectivity index is 1.49. The maximum Gasteiger partial charge on any atom is 0.416 e. The molecule has 8 heteroatoms. The van der Waals surface area contributed by atoms with E-state index in [9.17, 15) is 18.0 Å². The Morgan fingerprint density at radius 2 is 1.64 bits per heavy atom. The number of rotatable bonds is 5. The van der Waals surface area contributed by atoms with Gasteiger partial charge in [0.1, 0.15) is 0 Å². The number of amides is 1. The maximum absolute atomic E-state index is 12.9. The van der Waals surface area contributed by atoms with E-state index in [4.69, 9.17) is 5.73 Å². The van der Waals surface area contributed by atoms with E-state index in [0.717, 1.165) is 23.4 Å². The molecule has 3 aromatic carbocycles. The van der Waals surface area contributed by atoms with Crippen LogP contribution in [0.4, 0.5) is 24.0 Å². The first-order valence-electron chi connectivity index (χ1n) is 9.87. The van der Waals surface area contributed by atoms with Crippen molar-refractivity contribution in [2.75, 3.05) is 11.1 Å². The van der Waals surface area contributed by atoms with Gasteiger partial charge < -0.3 is 11.1 Å². The molecule has 4 aromatic rings. The van der Waals surface area contributed by atoms with Crippen LogP contribution in [-0.4, -0.2) is 10.9 Å². The van der Waals surface area contributed by atoms with Crippen LogP contribution in [0.25, 0.3) is 23.3 Å². The SMILES string of the molecule is Nc1nc(C=Cc2ccc(NC(=O)c3ccccc3-c3ccc(C(F)(F)F)cc3)cc2)cs1. The number of carbonyl (C=O) groups excluding carboxylic acids is 1. The van der Waals surface area contributed by atoms with Crippen LogP contribution >= 0.6 is 11.3 Å². The fraction of sp³-hybridized carbons (Fsp3) is 0.0400. The van der Waals surface area contributed by atoms with Crippen LogP contribution in [0.1, 0.15) is 27.2 Å². The standard InChI is InChI=1S/C25H18F3N3OS/c26-25(27,28)18-10-8-17(9-11-18)21-3-1-2-4-22(21)23(32)30-19-12-5-16(6-13-19)7-14-20-15-33-24(29)31-20/h1-15H,(H2,29,31)(H,30,32). The molecule has 0 spiro atoms. The molecule has 0 atom stereocenters. The molecule has 0 fully saturated rings. The second-order valence-corrected chi connectivity index (χ2v) is 8.03. The van der Waals surface area contributed by atoms with Gasteiger partial charge >= 0.3 is 6.18 Å². The quantitative estimate of drug-likeness (QED) is 0.339. The zero-order chi connectivity index (χ0) is 23.4. The summed E-state index contributed by atoms with van der Waals surface area (Å²) in [7, 11) is 0. The van der Waals surface area contributed by atoms with Gasteiger partial charge in [-0.05, 0) is 53.1 Å². The molecule has 0 aliphatic rings. The van der Waals surface area contributed by atoms with Crippen LogP contribution < -0.4 is 11.1 Å². The fourth-order valence-corrected chi connectivity index (χ4v) is 3.74. The Bertz CT molecular complexity index is 1290. The summed E-state index contributed by atoms with van der Waals surface area (Å²) in [5.41, 5.74) is 8.61. The second kappa shape index (κ2) is 9.30. The highest BCUT2D eigenvalue weighted by Crippen LogP contribution is 2.32. The molecule has 0 radical (unpaired) electrons. The van der Waals surface area contributed by atoms with Crippen molar-refractivity contribution in [1.29, 1.82) is 0 Å². The highest BCUT2D eigenvalue weighted by Gasteiger charge is 2.30. The van der Waals surface area contributed by atoms with Gasteiger partial charge in [0.2, 0.25) is 0 Å². The number of benzene rings is 3. The number of thiazole rings is 1. The van der Waals surface area contributed by atoms with Gasteiger partial charge in [0.25, 0.3) is 5.91 Å². The molecule has 1 amide bonds. The minimum absolute atomic E-state index is 0.355. The Morgan fingerprint density at radius 3 is 2.27 bits per heavy atom. The lowest BCUT2D eigenvalue weighted by Gasteiger charge is -2.12.